The third-order valence-corrected chi connectivity index (χ3v) is 4.42. The highest BCUT2D eigenvalue weighted by molar-refractivity contribution is 6.62. The Kier molecular flexibility index (Phi) is 5.90. The fourth-order valence-corrected chi connectivity index (χ4v) is 2.88. The van der Waals surface area contributed by atoms with Gasteiger partial charge in [-0.15, -0.1) is 0 Å². The van der Waals surface area contributed by atoms with Gasteiger partial charge in [-0.2, -0.15) is 13.2 Å². The molecule has 29 heavy (non-hydrogen) atoms. The summed E-state index contributed by atoms with van der Waals surface area (Å²) in [6, 6.07) is 5.19. The van der Waals surface area contributed by atoms with Crippen LogP contribution in [0.15, 0.2) is 30.5 Å². The number of amides is 1. The lowest BCUT2D eigenvalue weighted by Gasteiger charge is -2.11. The van der Waals surface area contributed by atoms with Gasteiger partial charge in [0, 0.05) is 11.8 Å². The Hall–Kier alpha value is -2.92. The summed E-state index contributed by atoms with van der Waals surface area (Å²) in [5, 5.41) is 12.2. The van der Waals surface area contributed by atoms with E-state index in [4.69, 9.17) is 9.39 Å². The zero-order valence-corrected chi connectivity index (χ0v) is 15.2. The molecular formula is C18H16BF3N2O5. The molecule has 11 heteroatoms. The number of nitrogens with one attached hydrogen (secondary N) is 1. The Labute approximate surface area is 164 Å². The molecule has 0 aliphatic carbocycles. The summed E-state index contributed by atoms with van der Waals surface area (Å²) in [5.74, 6) is -1.31. The molecule has 0 unspecified atom stereocenters. The number of halogens is 3. The first kappa shape index (κ1) is 20.8. The molecule has 0 atom stereocenters. The Morgan fingerprint density at radius 3 is 2.72 bits per heavy atom. The maximum atomic E-state index is 12.5. The van der Waals surface area contributed by atoms with Crippen LogP contribution < -0.4 is 10.8 Å². The highest BCUT2D eigenvalue weighted by Gasteiger charge is 2.31. The lowest BCUT2D eigenvalue weighted by molar-refractivity contribution is -0.144. The van der Waals surface area contributed by atoms with Gasteiger partial charge in [0.05, 0.1) is 17.9 Å². The van der Waals surface area contributed by atoms with E-state index in [0.29, 0.717) is 17.2 Å². The number of fused-ring (bicyclic) bond motifs is 1. The van der Waals surface area contributed by atoms with Crippen molar-refractivity contribution in [3.63, 3.8) is 0 Å². The van der Waals surface area contributed by atoms with Crippen molar-refractivity contribution in [2.75, 3.05) is 6.54 Å². The zero-order chi connectivity index (χ0) is 21.2. The van der Waals surface area contributed by atoms with E-state index in [0.717, 1.165) is 17.7 Å². The number of nitrogens with zero attached hydrogens (tertiary/aromatic N) is 1. The third-order valence-electron chi connectivity index (χ3n) is 4.42. The van der Waals surface area contributed by atoms with Crippen molar-refractivity contribution in [2.24, 2.45) is 0 Å². The van der Waals surface area contributed by atoms with Crippen molar-refractivity contribution in [3.8, 4) is 0 Å². The molecule has 2 aromatic rings. The van der Waals surface area contributed by atoms with Crippen molar-refractivity contribution >= 4 is 24.5 Å². The molecule has 1 aliphatic heterocycles. The number of carbonyl (C=O) groups is 2. The molecule has 1 amide bonds. The normalized spacial score (nSPS) is 13.2. The van der Waals surface area contributed by atoms with Gasteiger partial charge in [0.2, 0.25) is 0 Å². The summed E-state index contributed by atoms with van der Waals surface area (Å²) in [6.45, 7) is 1.16. The molecule has 1 aromatic carbocycles. The maximum Gasteiger partial charge on any atom is 0.492 e. The minimum absolute atomic E-state index is 0.140. The number of alkyl halides is 3. The molecule has 152 valence electrons. The molecule has 2 heterocycles. The summed E-state index contributed by atoms with van der Waals surface area (Å²) in [5.41, 5.74) is 1.39. The second-order valence-corrected chi connectivity index (χ2v) is 6.35. The van der Waals surface area contributed by atoms with E-state index < -0.39 is 37.3 Å². The maximum absolute atomic E-state index is 12.5. The van der Waals surface area contributed by atoms with Crippen molar-refractivity contribution in [3.05, 3.63) is 58.4 Å². The number of carbonyl (C=O) groups excluding carboxylic acids is 2. The minimum atomic E-state index is -4.50. The smallest absolute Gasteiger partial charge is 0.458 e. The van der Waals surface area contributed by atoms with E-state index in [-0.39, 0.29) is 24.5 Å². The molecule has 0 saturated carbocycles. The molecular weight excluding hydrogens is 392 g/mol. The van der Waals surface area contributed by atoms with Gasteiger partial charge in [-0.25, -0.2) is 0 Å². The van der Waals surface area contributed by atoms with Crippen molar-refractivity contribution < 1.29 is 37.2 Å². The second kappa shape index (κ2) is 8.22. The highest BCUT2D eigenvalue weighted by atomic mass is 19.4. The number of rotatable bonds is 5. The molecule has 0 fully saturated rings. The average molecular weight is 408 g/mol. The van der Waals surface area contributed by atoms with E-state index in [1.54, 1.807) is 19.1 Å². The number of esters is 1. The van der Waals surface area contributed by atoms with E-state index in [9.17, 15) is 27.8 Å². The van der Waals surface area contributed by atoms with Crippen LogP contribution in [0.2, 0.25) is 0 Å². The minimum Gasteiger partial charge on any atom is -0.458 e. The van der Waals surface area contributed by atoms with E-state index in [2.05, 4.69) is 10.3 Å². The lowest BCUT2D eigenvalue weighted by atomic mass is 9.75. The van der Waals surface area contributed by atoms with Crippen molar-refractivity contribution in [1.82, 2.24) is 10.3 Å². The molecule has 2 N–H and O–H groups in total. The topological polar surface area (TPSA) is 97.8 Å². The Balaban J connectivity index is 1.52. The van der Waals surface area contributed by atoms with E-state index in [1.165, 1.54) is 0 Å². The molecule has 1 aromatic heterocycles. The van der Waals surface area contributed by atoms with Gasteiger partial charge < -0.3 is 19.7 Å². The monoisotopic (exact) mass is 408 g/mol. The van der Waals surface area contributed by atoms with E-state index in [1.807, 2.05) is 0 Å². The van der Waals surface area contributed by atoms with Crippen LogP contribution in [0.3, 0.4) is 0 Å². The highest BCUT2D eigenvalue weighted by Crippen LogP contribution is 2.28. The van der Waals surface area contributed by atoms with Crippen molar-refractivity contribution in [1.29, 1.82) is 0 Å². The van der Waals surface area contributed by atoms with Gasteiger partial charge in [0.1, 0.15) is 13.2 Å². The summed E-state index contributed by atoms with van der Waals surface area (Å²) in [7, 11) is -1.10. The summed E-state index contributed by atoms with van der Waals surface area (Å²) in [4.78, 5) is 27.7. The van der Waals surface area contributed by atoms with Gasteiger partial charge >= 0.3 is 19.3 Å². The summed E-state index contributed by atoms with van der Waals surface area (Å²) < 4.78 is 47.5. The van der Waals surface area contributed by atoms with Crippen LogP contribution >= 0.6 is 0 Å². The van der Waals surface area contributed by atoms with Crippen LogP contribution in [-0.2, 0) is 33.6 Å². The Morgan fingerprint density at radius 2 is 2.07 bits per heavy atom. The van der Waals surface area contributed by atoms with Crippen LogP contribution in [0, 0.1) is 6.92 Å². The summed E-state index contributed by atoms with van der Waals surface area (Å²) in [6.07, 6.45) is -3.84. The molecule has 0 bridgehead atoms. The second-order valence-electron chi connectivity index (χ2n) is 6.35. The number of hydrogen-bond donors (Lipinski definition) is 2. The number of hydrogen-bond acceptors (Lipinski definition) is 6. The zero-order valence-electron chi connectivity index (χ0n) is 15.2. The average Bonchev–Trinajstić information content (AvgIpc) is 3.06. The summed E-state index contributed by atoms with van der Waals surface area (Å²) >= 11 is 0. The van der Waals surface area contributed by atoms with Gasteiger partial charge in [0.15, 0.2) is 0 Å². The fraction of sp³-hybridized carbons (Fsp3) is 0.278. The first-order valence-electron chi connectivity index (χ1n) is 8.55. The SMILES string of the molecule is Cc1c(C(=O)NCC(=O)OCc2ccc(C(F)(F)F)cn2)ccc2c1B(O)OC2. The molecule has 3 rings (SSSR count). The van der Waals surface area contributed by atoms with Crippen LogP contribution in [0.25, 0.3) is 0 Å². The van der Waals surface area contributed by atoms with Crippen molar-refractivity contribution in [2.45, 2.75) is 26.3 Å². The van der Waals surface area contributed by atoms with Gasteiger partial charge in [0.25, 0.3) is 5.91 Å². The number of pyridine rings is 1. The number of benzene rings is 1. The quantitative estimate of drug-likeness (QED) is 0.568. The van der Waals surface area contributed by atoms with E-state index >= 15 is 0 Å². The van der Waals surface area contributed by atoms with Crippen LogP contribution in [-0.4, -0.2) is 35.5 Å². The standard InChI is InChI=1S/C18H16BF3N2O5/c1-10-14(5-2-11-8-29-19(27)16(10)11)17(26)24-7-15(25)28-9-13-4-3-12(6-23-13)18(20,21)22/h2-6,27H,7-9H2,1H3,(H,24,26). The molecule has 0 radical (unpaired) electrons. The molecule has 7 nitrogen and oxygen atoms in total. The first-order chi connectivity index (χ1) is 13.7. The van der Waals surface area contributed by atoms with Gasteiger partial charge in [-0.1, -0.05) is 6.07 Å². The molecule has 0 spiro atoms. The largest absolute Gasteiger partial charge is 0.492 e. The van der Waals surface area contributed by atoms with Crippen LogP contribution in [0.4, 0.5) is 13.2 Å². The third kappa shape index (κ3) is 4.74. The Bertz CT molecular complexity index is 934. The fourth-order valence-electron chi connectivity index (χ4n) is 2.88. The van der Waals surface area contributed by atoms with Crippen LogP contribution in [0.1, 0.15) is 32.7 Å². The van der Waals surface area contributed by atoms with Gasteiger partial charge in [-0.3, -0.25) is 14.6 Å². The van der Waals surface area contributed by atoms with Gasteiger partial charge in [-0.05, 0) is 41.7 Å². The molecule has 1 aliphatic rings. The number of ether oxygens (including phenoxy) is 1. The molecule has 0 saturated heterocycles. The number of aromatic nitrogens is 1. The van der Waals surface area contributed by atoms with Crippen LogP contribution in [0.5, 0.6) is 0 Å². The first-order valence-corrected chi connectivity index (χ1v) is 8.55. The predicted octanol–water partition coefficient (Wildman–Crippen LogP) is 1.10. The predicted molar refractivity (Wildman–Crippen MR) is 94.9 cm³/mol. The Morgan fingerprint density at radius 1 is 1.31 bits per heavy atom. The lowest BCUT2D eigenvalue weighted by Crippen LogP contribution is -2.35.